The quantitative estimate of drug-likeness (QED) is 0.0797. The molecule has 1 aliphatic carbocycles. The minimum absolute atomic E-state index is 0.0597. The van der Waals surface area contributed by atoms with Crippen molar-refractivity contribution < 1.29 is 152 Å². The van der Waals surface area contributed by atoms with Gasteiger partial charge in [0.2, 0.25) is 12.6 Å². The summed E-state index contributed by atoms with van der Waals surface area (Å²) >= 11 is 0. The first-order chi connectivity index (χ1) is 43.5. The van der Waals surface area contributed by atoms with Crippen LogP contribution in [0.1, 0.15) is 81.7 Å². The standard InChI is InChI=1S/C60H72O32/c1-26(78-29(4)63)39-20-60(92-55(39)72)19-18-38-40(54(71)73-12)22-77-56(44(38)60)91-59-53(85-36(11)70)49(81-32(7)66)46(41(86-59)23-74-21-37-16-14-13-15-17-37)89-58-52(84-35(10)69)50(82-33(8)67)47(43(88-58)25-76-28(3)62)90-57-51(83-34(9)68)48(80-31(6)65)45(79-30(5)64)42(87-57)24-75-27(2)61/h13-20,22,26,38,41-53,56-59H,21,23-25H2,1-12H3/t26-,38+,41+,42+,43+,44+,45-,46+,47+,48-,49-,50-,51+,52+,53+,56-,57-,58-,59-,60+/m0/s1. The van der Waals surface area contributed by atoms with Gasteiger partial charge in [0.15, 0.2) is 60.9 Å². The van der Waals surface area contributed by atoms with Crippen LogP contribution in [0.5, 0.6) is 0 Å². The lowest BCUT2D eigenvalue weighted by atomic mass is 9.78. The predicted molar refractivity (Wildman–Crippen MR) is 294 cm³/mol. The highest BCUT2D eigenvalue weighted by molar-refractivity contribution is 5.94. The van der Waals surface area contributed by atoms with Crippen molar-refractivity contribution in [1.82, 2.24) is 0 Å². The van der Waals surface area contributed by atoms with Crippen molar-refractivity contribution in [2.75, 3.05) is 26.9 Å². The van der Waals surface area contributed by atoms with Crippen LogP contribution in [0.15, 0.2) is 66.0 Å². The molecule has 0 saturated carbocycles. The first kappa shape index (κ1) is 71.0. The van der Waals surface area contributed by atoms with E-state index < -0.39 is 213 Å². The summed E-state index contributed by atoms with van der Waals surface area (Å²) in [6, 6.07) is 8.70. The Kier molecular flexibility index (Phi) is 24.2. The molecule has 0 N–H and O–H groups in total. The van der Waals surface area contributed by atoms with Crippen LogP contribution in [0.2, 0.25) is 0 Å². The van der Waals surface area contributed by atoms with E-state index in [9.17, 15) is 57.5 Å². The fourth-order valence-electron chi connectivity index (χ4n) is 11.2. The first-order valence-electron chi connectivity index (χ1n) is 28.8. The molecule has 1 aromatic rings. The van der Waals surface area contributed by atoms with Crippen molar-refractivity contribution in [2.45, 2.75) is 193 Å². The van der Waals surface area contributed by atoms with Crippen LogP contribution in [-0.2, 0) is 159 Å². The summed E-state index contributed by atoms with van der Waals surface area (Å²) in [5.41, 5.74) is -1.30. The molecule has 92 heavy (non-hydrogen) atoms. The van der Waals surface area contributed by atoms with Gasteiger partial charge in [-0.1, -0.05) is 36.4 Å². The van der Waals surface area contributed by atoms with Crippen LogP contribution < -0.4 is 0 Å². The lowest BCUT2D eigenvalue weighted by Crippen LogP contribution is -2.69. The molecule has 32 heteroatoms. The maximum Gasteiger partial charge on any atom is 0.338 e. The molecule has 6 aliphatic rings. The van der Waals surface area contributed by atoms with Crippen LogP contribution in [0.3, 0.4) is 0 Å². The number of benzene rings is 1. The Morgan fingerprint density at radius 1 is 0.500 bits per heavy atom. The number of fused-ring (bicyclic) bond motifs is 2. The molecule has 0 bridgehead atoms. The molecule has 0 unspecified atom stereocenters. The molecule has 1 spiro atoms. The van der Waals surface area contributed by atoms with Gasteiger partial charge in [-0.25, -0.2) is 9.59 Å². The van der Waals surface area contributed by atoms with E-state index in [1.807, 2.05) is 0 Å². The summed E-state index contributed by atoms with van der Waals surface area (Å²) in [5.74, 6) is -13.8. The number of allylic oxidation sites excluding steroid dienone is 1. The molecule has 7 rings (SSSR count). The number of esters is 12. The van der Waals surface area contributed by atoms with Crippen molar-refractivity contribution in [3.8, 4) is 0 Å². The van der Waals surface area contributed by atoms with Crippen LogP contribution >= 0.6 is 0 Å². The zero-order chi connectivity index (χ0) is 67.5. The molecular formula is C60H72O32. The lowest BCUT2D eigenvalue weighted by Gasteiger charge is -2.50. The fraction of sp³-hybridized carbons (Fsp3) is 0.600. The Balaban J connectivity index is 1.34. The number of carbonyl (C=O) groups excluding carboxylic acids is 12. The minimum Gasteiger partial charge on any atom is -0.471 e. The van der Waals surface area contributed by atoms with Gasteiger partial charge < -0.3 is 94.7 Å². The van der Waals surface area contributed by atoms with Gasteiger partial charge in [-0.15, -0.1) is 0 Å². The van der Waals surface area contributed by atoms with Crippen LogP contribution in [0.25, 0.3) is 0 Å². The third-order valence-corrected chi connectivity index (χ3v) is 14.6. The van der Waals surface area contributed by atoms with Crippen LogP contribution in [0.4, 0.5) is 0 Å². The number of methoxy groups -OCH3 is 1. The molecule has 0 aromatic heterocycles. The second-order valence-corrected chi connectivity index (χ2v) is 21.7. The fourth-order valence-corrected chi connectivity index (χ4v) is 11.2. The Morgan fingerprint density at radius 2 is 0.924 bits per heavy atom. The topological polar surface area (TPSA) is 389 Å². The summed E-state index contributed by atoms with van der Waals surface area (Å²) in [7, 11) is 1.12. The van der Waals surface area contributed by atoms with Crippen LogP contribution in [0, 0.1) is 11.8 Å². The van der Waals surface area contributed by atoms with Gasteiger partial charge in [0, 0.05) is 75.2 Å². The third kappa shape index (κ3) is 17.8. The first-order valence-corrected chi connectivity index (χ1v) is 28.8. The van der Waals surface area contributed by atoms with Gasteiger partial charge in [-0.3, -0.25) is 47.9 Å². The second-order valence-electron chi connectivity index (χ2n) is 21.7. The van der Waals surface area contributed by atoms with Crippen LogP contribution in [-0.4, -0.2) is 209 Å². The highest BCUT2D eigenvalue weighted by Crippen LogP contribution is 2.51. The summed E-state index contributed by atoms with van der Waals surface area (Å²) in [4.78, 5) is 156. The van der Waals surface area contributed by atoms with E-state index in [-0.39, 0.29) is 17.8 Å². The maximum atomic E-state index is 13.7. The molecular weight excluding hydrogens is 1230 g/mol. The molecule has 3 saturated heterocycles. The normalized spacial score (nSPS) is 32.2. The zero-order valence-electron chi connectivity index (χ0n) is 52.1. The van der Waals surface area contributed by atoms with E-state index in [0.29, 0.717) is 5.56 Å². The summed E-state index contributed by atoms with van der Waals surface area (Å²) in [6.07, 6.45) is -25.5. The molecule has 0 radical (unpaired) electrons. The number of ether oxygens (including phenoxy) is 20. The Labute approximate surface area is 525 Å². The molecule has 20 atom stereocenters. The summed E-state index contributed by atoms with van der Waals surface area (Å²) < 4.78 is 119. The van der Waals surface area contributed by atoms with E-state index in [4.69, 9.17) is 94.7 Å². The SMILES string of the molecule is COC(=O)C1=CO[C@@H](O[C@@H]2O[C@H](COCc3ccccc3)[C@@H](O[C@@H]3O[C@H](COC(C)=O)[C@@H](O[C@@H]4O[C@H](COC(C)=O)[C@H](OC(C)=O)[C@H](OC(C)=O)[C@H]4OC(C)=O)[C@H](OC(C)=O)[C@H]3OC(C)=O)[C@H](OC(C)=O)[C@H]2OC(C)=O)[C@H]2[C@@H]1C=C[C@@]21C=C([C@H](C)OC(C)=O)C(=O)O1. The number of rotatable bonds is 24. The van der Waals surface area contributed by atoms with Gasteiger partial charge in [-0.05, 0) is 24.6 Å². The molecule has 3 fully saturated rings. The Hall–Kier alpha value is -8.40. The number of carbonyl (C=O) groups is 12. The highest BCUT2D eigenvalue weighted by atomic mass is 16.8. The minimum atomic E-state index is -2.11. The second kappa shape index (κ2) is 31.3. The van der Waals surface area contributed by atoms with Crippen molar-refractivity contribution in [2.24, 2.45) is 11.8 Å². The monoisotopic (exact) mass is 1300 g/mol. The average molecular weight is 1310 g/mol. The number of hydrogen-bond donors (Lipinski definition) is 0. The van der Waals surface area contributed by atoms with E-state index in [1.165, 1.54) is 25.2 Å². The summed E-state index contributed by atoms with van der Waals surface area (Å²) in [6.45, 7) is 9.22. The van der Waals surface area contributed by atoms with Gasteiger partial charge in [0.25, 0.3) is 0 Å². The average Bonchev–Trinajstić information content (AvgIpc) is 1.53. The molecule has 1 aromatic carbocycles. The zero-order valence-corrected chi connectivity index (χ0v) is 52.1. The Bertz CT molecular complexity index is 3030. The maximum absolute atomic E-state index is 13.7. The van der Waals surface area contributed by atoms with E-state index in [0.717, 1.165) is 82.6 Å². The molecule has 0 amide bonds. The highest BCUT2D eigenvalue weighted by Gasteiger charge is 2.63. The van der Waals surface area contributed by atoms with E-state index >= 15 is 0 Å². The molecule has 5 aliphatic heterocycles. The van der Waals surface area contributed by atoms with Crippen molar-refractivity contribution in [3.05, 3.63) is 71.5 Å². The number of hydrogen-bond acceptors (Lipinski definition) is 32. The van der Waals surface area contributed by atoms with Crippen molar-refractivity contribution >= 4 is 71.6 Å². The molecule has 504 valence electrons. The van der Waals surface area contributed by atoms with Gasteiger partial charge in [0.05, 0.1) is 43.6 Å². The van der Waals surface area contributed by atoms with Gasteiger partial charge in [-0.2, -0.15) is 0 Å². The van der Waals surface area contributed by atoms with E-state index in [2.05, 4.69) is 0 Å². The summed E-state index contributed by atoms with van der Waals surface area (Å²) in [5, 5.41) is 0. The third-order valence-electron chi connectivity index (χ3n) is 14.6. The largest absolute Gasteiger partial charge is 0.471 e. The van der Waals surface area contributed by atoms with E-state index in [1.54, 1.807) is 30.3 Å². The molecule has 5 heterocycles. The van der Waals surface area contributed by atoms with Gasteiger partial charge >= 0.3 is 71.6 Å². The Morgan fingerprint density at radius 3 is 1.37 bits per heavy atom. The molecule has 32 nitrogen and oxygen atoms in total. The van der Waals surface area contributed by atoms with Crippen molar-refractivity contribution in [3.63, 3.8) is 0 Å². The lowest BCUT2D eigenvalue weighted by molar-refractivity contribution is -0.388. The smallest absolute Gasteiger partial charge is 0.338 e. The predicted octanol–water partition coefficient (Wildman–Crippen LogP) is 1.20. The van der Waals surface area contributed by atoms with Gasteiger partial charge in [0.1, 0.15) is 49.8 Å². The van der Waals surface area contributed by atoms with Crippen molar-refractivity contribution in [1.29, 1.82) is 0 Å².